The van der Waals surface area contributed by atoms with Crippen LogP contribution >= 0.6 is 23.2 Å². The molecule has 0 aliphatic heterocycles. The molecule has 150 valence electrons. The average Bonchev–Trinajstić information content (AvgIpc) is 2.68. The van der Waals surface area contributed by atoms with Crippen molar-refractivity contribution < 1.29 is 14.3 Å². The van der Waals surface area contributed by atoms with Crippen molar-refractivity contribution in [3.8, 4) is 11.5 Å². The summed E-state index contributed by atoms with van der Waals surface area (Å²) in [4.78, 5) is 12.1. The van der Waals surface area contributed by atoms with E-state index in [1.807, 2.05) is 12.1 Å². The summed E-state index contributed by atoms with van der Waals surface area (Å²) in [6.07, 6.45) is 4.02. The number of rotatable bonds is 10. The molecule has 0 spiro atoms. The number of hydrazone groups is 1. The highest BCUT2D eigenvalue weighted by Crippen LogP contribution is 2.22. The number of amides is 1. The number of benzene rings is 2. The fourth-order valence-electron chi connectivity index (χ4n) is 2.30. The van der Waals surface area contributed by atoms with Crippen molar-refractivity contribution in [2.24, 2.45) is 5.10 Å². The Hall–Kier alpha value is -2.24. The van der Waals surface area contributed by atoms with Gasteiger partial charge < -0.3 is 9.47 Å². The Kier molecular flexibility index (Phi) is 9.11. The smallest absolute Gasteiger partial charge is 0.280 e. The predicted molar refractivity (Wildman–Crippen MR) is 114 cm³/mol. The SMILES string of the molecule is CCCCCOc1ccc(OC(C)C(=O)NN=Cc2c(Cl)cccc2Cl)cc1. The lowest BCUT2D eigenvalue weighted by molar-refractivity contribution is -0.127. The van der Waals surface area contributed by atoms with Crippen LogP contribution in [0.1, 0.15) is 38.7 Å². The van der Waals surface area contributed by atoms with Gasteiger partial charge >= 0.3 is 0 Å². The van der Waals surface area contributed by atoms with Gasteiger partial charge in [-0.25, -0.2) is 5.43 Å². The minimum atomic E-state index is -0.727. The Balaban J connectivity index is 1.82. The Morgan fingerprint density at radius 2 is 1.75 bits per heavy atom. The third-order valence-corrected chi connectivity index (χ3v) is 4.55. The number of carbonyl (C=O) groups excluding carboxylic acids is 1. The van der Waals surface area contributed by atoms with E-state index < -0.39 is 6.10 Å². The molecule has 0 aliphatic carbocycles. The van der Waals surface area contributed by atoms with Crippen molar-refractivity contribution in [3.05, 3.63) is 58.1 Å². The standard InChI is InChI=1S/C21H24Cl2N2O3/c1-3-4-5-13-27-16-9-11-17(12-10-16)28-15(2)21(26)25-24-14-18-19(22)7-6-8-20(18)23/h6-12,14-15H,3-5,13H2,1-2H3,(H,25,26). The van der Waals surface area contributed by atoms with E-state index in [0.717, 1.165) is 25.0 Å². The van der Waals surface area contributed by atoms with Gasteiger partial charge in [-0.2, -0.15) is 5.10 Å². The van der Waals surface area contributed by atoms with Crippen LogP contribution in [0.5, 0.6) is 11.5 Å². The van der Waals surface area contributed by atoms with E-state index in [9.17, 15) is 4.79 Å². The summed E-state index contributed by atoms with van der Waals surface area (Å²) >= 11 is 12.1. The number of nitrogens with zero attached hydrogens (tertiary/aromatic N) is 1. The second kappa shape index (κ2) is 11.6. The Morgan fingerprint density at radius 1 is 1.11 bits per heavy atom. The van der Waals surface area contributed by atoms with Gasteiger partial charge in [0.05, 0.1) is 22.9 Å². The molecular weight excluding hydrogens is 399 g/mol. The van der Waals surface area contributed by atoms with Gasteiger partial charge in [0.2, 0.25) is 0 Å². The molecule has 0 heterocycles. The molecular formula is C21H24Cl2N2O3. The summed E-state index contributed by atoms with van der Waals surface area (Å²) in [5, 5.41) is 4.80. The van der Waals surface area contributed by atoms with Crippen LogP contribution in [0.2, 0.25) is 10.0 Å². The van der Waals surface area contributed by atoms with E-state index in [1.54, 1.807) is 37.3 Å². The van der Waals surface area contributed by atoms with Crippen LogP contribution in [-0.4, -0.2) is 24.8 Å². The number of carbonyl (C=O) groups is 1. The number of halogens is 2. The van der Waals surface area contributed by atoms with E-state index in [0.29, 0.717) is 28.0 Å². The van der Waals surface area contributed by atoms with Crippen molar-refractivity contribution in [2.45, 2.75) is 39.2 Å². The molecule has 2 aromatic rings. The second-order valence-corrected chi connectivity index (χ2v) is 6.97. The van der Waals surface area contributed by atoms with Crippen LogP contribution in [0.3, 0.4) is 0 Å². The Labute approximate surface area is 175 Å². The lowest BCUT2D eigenvalue weighted by Crippen LogP contribution is -2.33. The highest BCUT2D eigenvalue weighted by Gasteiger charge is 2.14. The zero-order valence-electron chi connectivity index (χ0n) is 16.0. The fraction of sp³-hybridized carbons (Fsp3) is 0.333. The van der Waals surface area contributed by atoms with E-state index in [2.05, 4.69) is 17.5 Å². The van der Waals surface area contributed by atoms with Crippen LogP contribution in [0.25, 0.3) is 0 Å². The van der Waals surface area contributed by atoms with Gasteiger partial charge in [0, 0.05) is 5.56 Å². The maximum atomic E-state index is 12.1. The third kappa shape index (κ3) is 7.06. The quantitative estimate of drug-likeness (QED) is 0.313. The molecule has 0 radical (unpaired) electrons. The van der Waals surface area contributed by atoms with Crippen molar-refractivity contribution >= 4 is 35.3 Å². The minimum Gasteiger partial charge on any atom is -0.494 e. The number of ether oxygens (including phenoxy) is 2. The molecule has 28 heavy (non-hydrogen) atoms. The maximum Gasteiger partial charge on any atom is 0.280 e. The molecule has 5 nitrogen and oxygen atoms in total. The predicted octanol–water partition coefficient (Wildman–Crippen LogP) is 5.48. The first-order chi connectivity index (χ1) is 13.5. The first-order valence-corrected chi connectivity index (χ1v) is 9.93. The van der Waals surface area contributed by atoms with Gasteiger partial charge in [-0.3, -0.25) is 4.79 Å². The maximum absolute atomic E-state index is 12.1. The molecule has 1 atom stereocenters. The highest BCUT2D eigenvalue weighted by atomic mass is 35.5. The molecule has 0 fully saturated rings. The molecule has 2 aromatic carbocycles. The van der Waals surface area contributed by atoms with Crippen LogP contribution < -0.4 is 14.9 Å². The zero-order valence-corrected chi connectivity index (χ0v) is 17.5. The molecule has 2 rings (SSSR count). The van der Waals surface area contributed by atoms with E-state index in [4.69, 9.17) is 32.7 Å². The van der Waals surface area contributed by atoms with Crippen molar-refractivity contribution in [2.75, 3.05) is 6.61 Å². The van der Waals surface area contributed by atoms with Crippen LogP contribution in [0.4, 0.5) is 0 Å². The molecule has 1 N–H and O–H groups in total. The molecule has 0 aromatic heterocycles. The molecule has 0 saturated carbocycles. The van der Waals surface area contributed by atoms with Gasteiger partial charge in [-0.15, -0.1) is 0 Å². The molecule has 7 heteroatoms. The number of unbranched alkanes of at least 4 members (excludes halogenated alkanes) is 2. The topological polar surface area (TPSA) is 59.9 Å². The molecule has 0 aliphatic rings. The lowest BCUT2D eigenvalue weighted by atomic mass is 10.2. The normalized spacial score (nSPS) is 12.0. The first-order valence-electron chi connectivity index (χ1n) is 9.17. The first kappa shape index (κ1) is 22.1. The van der Waals surface area contributed by atoms with Gasteiger partial charge in [0.1, 0.15) is 11.5 Å². The Morgan fingerprint density at radius 3 is 2.39 bits per heavy atom. The van der Waals surface area contributed by atoms with E-state index >= 15 is 0 Å². The average molecular weight is 423 g/mol. The number of hydrogen-bond acceptors (Lipinski definition) is 4. The van der Waals surface area contributed by atoms with Crippen molar-refractivity contribution in [1.82, 2.24) is 5.43 Å². The summed E-state index contributed by atoms with van der Waals surface area (Å²) < 4.78 is 11.3. The van der Waals surface area contributed by atoms with Gasteiger partial charge in [-0.1, -0.05) is 49.0 Å². The van der Waals surface area contributed by atoms with Crippen LogP contribution in [0, 0.1) is 0 Å². The third-order valence-electron chi connectivity index (χ3n) is 3.89. The zero-order chi connectivity index (χ0) is 20.4. The minimum absolute atomic E-state index is 0.390. The highest BCUT2D eigenvalue weighted by molar-refractivity contribution is 6.38. The lowest BCUT2D eigenvalue weighted by Gasteiger charge is -2.13. The van der Waals surface area contributed by atoms with E-state index in [-0.39, 0.29) is 5.91 Å². The molecule has 1 amide bonds. The molecule has 0 bridgehead atoms. The fourth-order valence-corrected chi connectivity index (χ4v) is 2.79. The summed E-state index contributed by atoms with van der Waals surface area (Å²) in [6, 6.07) is 12.3. The summed E-state index contributed by atoms with van der Waals surface area (Å²) in [5.74, 6) is 0.961. The second-order valence-electron chi connectivity index (χ2n) is 6.16. The van der Waals surface area contributed by atoms with Crippen molar-refractivity contribution in [1.29, 1.82) is 0 Å². The van der Waals surface area contributed by atoms with Crippen LogP contribution in [0.15, 0.2) is 47.6 Å². The van der Waals surface area contributed by atoms with E-state index in [1.165, 1.54) is 6.21 Å². The largest absolute Gasteiger partial charge is 0.494 e. The Bertz CT molecular complexity index is 774. The number of hydrogen-bond donors (Lipinski definition) is 1. The van der Waals surface area contributed by atoms with Crippen LogP contribution in [-0.2, 0) is 4.79 Å². The van der Waals surface area contributed by atoms with Crippen molar-refractivity contribution in [3.63, 3.8) is 0 Å². The summed E-state index contributed by atoms with van der Waals surface area (Å²) in [5.41, 5.74) is 2.96. The number of nitrogens with one attached hydrogen (secondary N) is 1. The molecule has 0 saturated heterocycles. The van der Waals surface area contributed by atoms with Gasteiger partial charge in [0.15, 0.2) is 6.10 Å². The summed E-state index contributed by atoms with van der Waals surface area (Å²) in [6.45, 7) is 4.49. The monoisotopic (exact) mass is 422 g/mol. The van der Waals surface area contributed by atoms with Gasteiger partial charge in [-0.05, 0) is 49.7 Å². The molecule has 1 unspecified atom stereocenters. The van der Waals surface area contributed by atoms with Gasteiger partial charge in [0.25, 0.3) is 5.91 Å². The summed E-state index contributed by atoms with van der Waals surface area (Å²) in [7, 11) is 0.